The van der Waals surface area contributed by atoms with Crippen LogP contribution in [0.1, 0.15) is 5.56 Å². The number of hydrogen-bond donors (Lipinski definition) is 2. The predicted molar refractivity (Wildman–Crippen MR) is 150 cm³/mol. The SMILES string of the molecule is COc1ccc(C)cc1NS(=O)(=O)c1ccc(NC(=O)CN2c3ccccc3-c3ccccc3S2(=O)=O)cc1. The summed E-state index contributed by atoms with van der Waals surface area (Å²) in [5.74, 6) is -0.198. The molecule has 1 amide bonds. The van der Waals surface area contributed by atoms with Crippen LogP contribution < -0.4 is 19.1 Å². The summed E-state index contributed by atoms with van der Waals surface area (Å²) in [6.45, 7) is 1.38. The van der Waals surface area contributed by atoms with Crippen LogP contribution in [0.2, 0.25) is 0 Å². The molecule has 1 aliphatic heterocycles. The fourth-order valence-corrected chi connectivity index (χ4v) is 7.12. The van der Waals surface area contributed by atoms with E-state index in [9.17, 15) is 21.6 Å². The lowest BCUT2D eigenvalue weighted by Gasteiger charge is -2.31. The van der Waals surface area contributed by atoms with Crippen molar-refractivity contribution in [2.45, 2.75) is 16.7 Å². The number of fused-ring (bicyclic) bond motifs is 3. The molecule has 5 rings (SSSR count). The summed E-state index contributed by atoms with van der Waals surface area (Å²) >= 11 is 0. The van der Waals surface area contributed by atoms with Gasteiger partial charge >= 0.3 is 0 Å². The number of methoxy groups -OCH3 is 1. The molecule has 0 radical (unpaired) electrons. The fourth-order valence-electron chi connectivity index (χ4n) is 4.40. The highest BCUT2D eigenvalue weighted by atomic mass is 32.2. The minimum Gasteiger partial charge on any atom is -0.495 e. The van der Waals surface area contributed by atoms with Crippen LogP contribution in [0.5, 0.6) is 5.75 Å². The van der Waals surface area contributed by atoms with Crippen LogP contribution >= 0.6 is 0 Å². The summed E-state index contributed by atoms with van der Waals surface area (Å²) in [6.07, 6.45) is 0. The first-order valence-electron chi connectivity index (χ1n) is 11.9. The molecule has 0 atom stereocenters. The highest BCUT2D eigenvalue weighted by molar-refractivity contribution is 7.93. The molecule has 2 N–H and O–H groups in total. The van der Waals surface area contributed by atoms with E-state index in [2.05, 4.69) is 10.0 Å². The third-order valence-corrected chi connectivity index (χ3v) is 9.45. The Bertz CT molecular complexity index is 1790. The summed E-state index contributed by atoms with van der Waals surface area (Å²) in [4.78, 5) is 13.1. The van der Waals surface area contributed by atoms with Gasteiger partial charge in [-0.25, -0.2) is 16.8 Å². The second kappa shape index (κ2) is 10.1. The average Bonchev–Trinajstić information content (AvgIpc) is 2.91. The quantitative estimate of drug-likeness (QED) is 0.339. The molecule has 1 aliphatic rings. The van der Waals surface area contributed by atoms with Crippen molar-refractivity contribution in [3.8, 4) is 16.9 Å². The molecule has 0 saturated heterocycles. The molecule has 0 spiro atoms. The van der Waals surface area contributed by atoms with Gasteiger partial charge in [0.15, 0.2) is 0 Å². The maximum absolute atomic E-state index is 13.4. The normalized spacial score (nSPS) is 13.6. The van der Waals surface area contributed by atoms with Gasteiger partial charge in [-0.1, -0.05) is 42.5 Å². The van der Waals surface area contributed by atoms with E-state index in [0.717, 1.165) is 9.87 Å². The van der Waals surface area contributed by atoms with Crippen molar-refractivity contribution in [3.63, 3.8) is 0 Å². The molecule has 0 aliphatic carbocycles. The lowest BCUT2D eigenvalue weighted by molar-refractivity contribution is -0.114. The van der Waals surface area contributed by atoms with Gasteiger partial charge in [-0.2, -0.15) is 0 Å². The number of sulfonamides is 2. The minimum atomic E-state index is -3.97. The van der Waals surface area contributed by atoms with Crippen LogP contribution in [-0.2, 0) is 24.8 Å². The molecule has 0 bridgehead atoms. The number of carbonyl (C=O) groups excluding carboxylic acids is 1. The number of para-hydroxylation sites is 1. The Balaban J connectivity index is 1.34. The van der Waals surface area contributed by atoms with Crippen LogP contribution in [0.15, 0.2) is 101 Å². The standard InChI is InChI=1S/C28H25N3O6S2/c1-19-11-16-26(37-2)24(17-19)30-38(33,34)21-14-12-20(13-15-21)29-28(32)18-31-25-9-5-3-7-22(25)23-8-4-6-10-27(23)39(31,35)36/h3-17,30H,18H2,1-2H3,(H,29,32). The largest absolute Gasteiger partial charge is 0.495 e. The number of benzene rings is 4. The Morgan fingerprint density at radius 2 is 1.56 bits per heavy atom. The van der Waals surface area contributed by atoms with Gasteiger partial charge in [0.1, 0.15) is 12.3 Å². The Kier molecular flexibility index (Phi) is 6.79. The summed E-state index contributed by atoms with van der Waals surface area (Å²) in [5.41, 5.74) is 3.18. The van der Waals surface area contributed by atoms with Gasteiger partial charge in [-0.3, -0.25) is 13.8 Å². The van der Waals surface area contributed by atoms with Crippen LogP contribution in [0, 0.1) is 6.92 Å². The number of amides is 1. The summed E-state index contributed by atoms with van der Waals surface area (Å²) in [7, 11) is -6.46. The first kappa shape index (κ1) is 26.3. The Morgan fingerprint density at radius 1 is 0.897 bits per heavy atom. The Hall–Kier alpha value is -4.35. The lowest BCUT2D eigenvalue weighted by atomic mass is 10.0. The lowest BCUT2D eigenvalue weighted by Crippen LogP contribution is -2.40. The zero-order valence-electron chi connectivity index (χ0n) is 21.1. The van der Waals surface area contributed by atoms with Crippen LogP contribution in [0.3, 0.4) is 0 Å². The summed E-state index contributed by atoms with van der Waals surface area (Å²) in [5, 5.41) is 2.66. The second-order valence-electron chi connectivity index (χ2n) is 8.91. The molecule has 4 aromatic carbocycles. The molecule has 11 heteroatoms. The van der Waals surface area contributed by atoms with E-state index >= 15 is 0 Å². The van der Waals surface area contributed by atoms with Crippen molar-refractivity contribution in [1.82, 2.24) is 0 Å². The van der Waals surface area contributed by atoms with Crippen LogP contribution in [-0.4, -0.2) is 36.4 Å². The molecule has 0 aromatic heterocycles. The predicted octanol–water partition coefficient (Wildman–Crippen LogP) is 4.62. The first-order chi connectivity index (χ1) is 18.6. The van der Waals surface area contributed by atoms with Crippen molar-refractivity contribution in [2.24, 2.45) is 0 Å². The second-order valence-corrected chi connectivity index (χ2v) is 12.4. The molecule has 0 fully saturated rings. The van der Waals surface area contributed by atoms with E-state index < -0.39 is 32.5 Å². The van der Waals surface area contributed by atoms with Gasteiger partial charge < -0.3 is 10.1 Å². The van der Waals surface area contributed by atoms with Crippen molar-refractivity contribution in [3.05, 3.63) is 96.6 Å². The summed E-state index contributed by atoms with van der Waals surface area (Å²) in [6, 6.07) is 24.4. The van der Waals surface area contributed by atoms with Gasteiger partial charge in [0.2, 0.25) is 5.91 Å². The molecule has 1 heterocycles. The molecule has 0 unspecified atom stereocenters. The zero-order valence-corrected chi connectivity index (χ0v) is 22.7. The van der Waals surface area contributed by atoms with Crippen LogP contribution in [0.25, 0.3) is 11.1 Å². The van der Waals surface area contributed by atoms with Crippen molar-refractivity contribution < 1.29 is 26.4 Å². The highest BCUT2D eigenvalue weighted by Gasteiger charge is 2.35. The number of nitrogens with zero attached hydrogens (tertiary/aromatic N) is 1. The summed E-state index contributed by atoms with van der Waals surface area (Å²) < 4.78 is 61.5. The number of rotatable bonds is 7. The topological polar surface area (TPSA) is 122 Å². The fraction of sp³-hybridized carbons (Fsp3) is 0.107. The number of aryl methyl sites for hydroxylation is 1. The van der Waals surface area contributed by atoms with E-state index in [1.807, 2.05) is 19.1 Å². The number of nitrogens with one attached hydrogen (secondary N) is 2. The Labute approximate surface area is 227 Å². The molecule has 4 aromatic rings. The number of anilines is 3. The van der Waals surface area contributed by atoms with Crippen LogP contribution in [0.4, 0.5) is 17.1 Å². The molecule has 9 nitrogen and oxygen atoms in total. The maximum atomic E-state index is 13.4. The van der Waals surface area contributed by atoms with Crippen molar-refractivity contribution >= 4 is 43.0 Å². The van der Waals surface area contributed by atoms with Crippen molar-refractivity contribution in [2.75, 3.05) is 28.0 Å². The zero-order chi connectivity index (χ0) is 27.8. The van der Waals surface area contributed by atoms with E-state index in [1.165, 1.54) is 37.4 Å². The van der Waals surface area contributed by atoms with E-state index in [4.69, 9.17) is 4.74 Å². The third-order valence-electron chi connectivity index (χ3n) is 6.25. The molecule has 200 valence electrons. The Morgan fingerprint density at radius 3 is 2.28 bits per heavy atom. The monoisotopic (exact) mass is 563 g/mol. The smallest absolute Gasteiger partial charge is 0.265 e. The maximum Gasteiger partial charge on any atom is 0.265 e. The van der Waals surface area contributed by atoms with E-state index in [-0.39, 0.29) is 9.79 Å². The third kappa shape index (κ3) is 5.06. The first-order valence-corrected chi connectivity index (χ1v) is 14.8. The molecular formula is C28H25N3O6S2. The van der Waals surface area contributed by atoms with E-state index in [0.29, 0.717) is 33.9 Å². The number of ether oxygens (including phenoxy) is 1. The van der Waals surface area contributed by atoms with Gasteiger partial charge in [0.25, 0.3) is 20.0 Å². The van der Waals surface area contributed by atoms with Gasteiger partial charge in [-0.15, -0.1) is 0 Å². The van der Waals surface area contributed by atoms with Gasteiger partial charge in [0, 0.05) is 16.8 Å². The average molecular weight is 564 g/mol. The van der Waals surface area contributed by atoms with E-state index in [1.54, 1.807) is 48.5 Å². The molecular weight excluding hydrogens is 538 g/mol. The number of carbonyl (C=O) groups is 1. The molecule has 0 saturated carbocycles. The minimum absolute atomic E-state index is 0.0202. The molecule has 39 heavy (non-hydrogen) atoms. The van der Waals surface area contributed by atoms with Gasteiger partial charge in [-0.05, 0) is 61.0 Å². The number of hydrogen-bond acceptors (Lipinski definition) is 6. The highest BCUT2D eigenvalue weighted by Crippen LogP contribution is 2.42. The van der Waals surface area contributed by atoms with Crippen molar-refractivity contribution in [1.29, 1.82) is 0 Å². The van der Waals surface area contributed by atoms with Gasteiger partial charge in [0.05, 0.1) is 28.3 Å².